The first kappa shape index (κ1) is 13.1. The molecule has 3 heterocycles. The van der Waals surface area contributed by atoms with Crippen molar-refractivity contribution in [3.63, 3.8) is 0 Å². The molecule has 1 aromatic rings. The Morgan fingerprint density at radius 1 is 1.60 bits per heavy atom. The van der Waals surface area contributed by atoms with E-state index in [0.29, 0.717) is 36.0 Å². The number of carbonyl (C=O) groups excluding carboxylic acids is 1. The van der Waals surface area contributed by atoms with E-state index in [1.54, 1.807) is 0 Å². The molecule has 0 saturated carbocycles. The number of hydrogen-bond donors (Lipinski definition) is 2. The lowest BCUT2D eigenvalue weighted by atomic mass is 10.0. The maximum atomic E-state index is 11.9. The summed E-state index contributed by atoms with van der Waals surface area (Å²) in [5.74, 6) is 0.805. The van der Waals surface area contributed by atoms with E-state index < -0.39 is 0 Å². The summed E-state index contributed by atoms with van der Waals surface area (Å²) in [5, 5.41) is 10.9. The molecule has 5 nitrogen and oxygen atoms in total. The van der Waals surface area contributed by atoms with E-state index in [1.165, 1.54) is 0 Å². The molecular weight excluding hydrogens is 252 g/mol. The van der Waals surface area contributed by atoms with Gasteiger partial charge in [-0.2, -0.15) is 0 Å². The molecule has 5 heteroatoms. The maximum absolute atomic E-state index is 11.9. The van der Waals surface area contributed by atoms with Crippen molar-refractivity contribution in [3.8, 4) is 0 Å². The molecule has 106 valence electrons. The Kier molecular flexibility index (Phi) is 3.20. The van der Waals surface area contributed by atoms with Gasteiger partial charge in [0, 0.05) is 24.7 Å². The van der Waals surface area contributed by atoms with Crippen LogP contribution in [-0.2, 0) is 6.54 Å². The number of nitrogens with one attached hydrogen (secondary N) is 2. The lowest BCUT2D eigenvalue weighted by Crippen LogP contribution is -2.28. The minimum absolute atomic E-state index is 0.0411. The Morgan fingerprint density at radius 2 is 2.40 bits per heavy atom. The summed E-state index contributed by atoms with van der Waals surface area (Å²) in [6.07, 6.45) is 2.95. The Hall–Kier alpha value is -1.91. The standard InChI is InChI=1S/C15H20N4O/c1-3-12(16)14-11-8-17-15(20)10(11)7-13(18-14)19-6-4-5-9(19)2/h7,9,16H,3-6,8H2,1-2H3,(H,17,20). The zero-order valence-electron chi connectivity index (χ0n) is 12.0. The molecule has 1 amide bonds. The van der Waals surface area contributed by atoms with E-state index in [4.69, 9.17) is 10.4 Å². The number of rotatable bonds is 3. The Bertz CT molecular complexity index is 581. The number of hydrogen-bond acceptors (Lipinski definition) is 4. The molecule has 2 aliphatic rings. The molecular formula is C15H20N4O. The third-order valence-electron chi connectivity index (χ3n) is 4.27. The minimum Gasteiger partial charge on any atom is -0.354 e. The number of aromatic nitrogens is 1. The summed E-state index contributed by atoms with van der Waals surface area (Å²) in [4.78, 5) is 18.9. The van der Waals surface area contributed by atoms with Gasteiger partial charge in [-0.15, -0.1) is 0 Å². The van der Waals surface area contributed by atoms with Crippen molar-refractivity contribution in [1.29, 1.82) is 5.41 Å². The van der Waals surface area contributed by atoms with Gasteiger partial charge < -0.3 is 15.6 Å². The highest BCUT2D eigenvalue weighted by atomic mass is 16.1. The van der Waals surface area contributed by atoms with Gasteiger partial charge in [0.25, 0.3) is 5.91 Å². The van der Waals surface area contributed by atoms with E-state index in [1.807, 2.05) is 13.0 Å². The van der Waals surface area contributed by atoms with Crippen LogP contribution in [0.5, 0.6) is 0 Å². The number of amides is 1. The average Bonchev–Trinajstić information content (AvgIpc) is 3.04. The number of pyridine rings is 1. The zero-order valence-corrected chi connectivity index (χ0v) is 12.0. The summed E-state index contributed by atoms with van der Waals surface area (Å²) in [6, 6.07) is 2.35. The second-order valence-electron chi connectivity index (χ2n) is 5.55. The van der Waals surface area contributed by atoms with Crippen LogP contribution in [0.25, 0.3) is 0 Å². The van der Waals surface area contributed by atoms with Gasteiger partial charge in [0.05, 0.1) is 17.0 Å². The Balaban J connectivity index is 2.10. The first-order valence-electron chi connectivity index (χ1n) is 7.28. The third kappa shape index (κ3) is 1.97. The fraction of sp³-hybridized carbons (Fsp3) is 0.533. The molecule has 0 aromatic carbocycles. The lowest BCUT2D eigenvalue weighted by molar-refractivity contribution is 0.0965. The van der Waals surface area contributed by atoms with Gasteiger partial charge in [0.15, 0.2) is 0 Å². The topological polar surface area (TPSA) is 69.1 Å². The fourth-order valence-corrected chi connectivity index (χ4v) is 3.04. The fourth-order valence-electron chi connectivity index (χ4n) is 3.04. The predicted molar refractivity (Wildman–Crippen MR) is 78.6 cm³/mol. The molecule has 0 spiro atoms. The molecule has 1 unspecified atom stereocenters. The van der Waals surface area contributed by atoms with Crippen molar-refractivity contribution in [1.82, 2.24) is 10.3 Å². The molecule has 1 atom stereocenters. The summed E-state index contributed by atoms with van der Waals surface area (Å²) in [5.41, 5.74) is 2.78. The van der Waals surface area contributed by atoms with E-state index >= 15 is 0 Å². The molecule has 2 N–H and O–H groups in total. The van der Waals surface area contributed by atoms with Crippen molar-refractivity contribution in [2.45, 2.75) is 45.7 Å². The van der Waals surface area contributed by atoms with Crippen LogP contribution in [0.15, 0.2) is 6.07 Å². The molecule has 1 aromatic heterocycles. The average molecular weight is 272 g/mol. The number of carbonyl (C=O) groups is 1. The quantitative estimate of drug-likeness (QED) is 0.828. The number of fused-ring (bicyclic) bond motifs is 1. The minimum atomic E-state index is -0.0411. The third-order valence-corrected chi connectivity index (χ3v) is 4.27. The van der Waals surface area contributed by atoms with Crippen molar-refractivity contribution in [2.75, 3.05) is 11.4 Å². The largest absolute Gasteiger partial charge is 0.354 e. The van der Waals surface area contributed by atoms with Crippen LogP contribution < -0.4 is 10.2 Å². The molecule has 0 aliphatic carbocycles. The summed E-state index contributed by atoms with van der Waals surface area (Å²) < 4.78 is 0. The maximum Gasteiger partial charge on any atom is 0.252 e. The number of nitrogens with zero attached hydrogens (tertiary/aromatic N) is 2. The van der Waals surface area contributed by atoms with Gasteiger partial charge in [-0.05, 0) is 32.3 Å². The van der Waals surface area contributed by atoms with Gasteiger partial charge in [0.2, 0.25) is 0 Å². The summed E-state index contributed by atoms with van der Waals surface area (Å²) in [6.45, 7) is 5.61. The number of anilines is 1. The highest BCUT2D eigenvalue weighted by molar-refractivity contribution is 6.05. The normalized spacial score (nSPS) is 21.0. The van der Waals surface area contributed by atoms with Gasteiger partial charge in [-0.1, -0.05) is 6.92 Å². The SMILES string of the molecule is CCC(=N)c1nc(N2CCCC2C)cc2c1CNC2=O. The Morgan fingerprint density at radius 3 is 3.05 bits per heavy atom. The zero-order chi connectivity index (χ0) is 14.3. The predicted octanol–water partition coefficient (Wildman–Crippen LogP) is 2.09. The van der Waals surface area contributed by atoms with Crippen LogP contribution in [0, 0.1) is 5.41 Å². The molecule has 1 saturated heterocycles. The second kappa shape index (κ2) is 4.89. The van der Waals surface area contributed by atoms with Crippen LogP contribution in [0.3, 0.4) is 0 Å². The molecule has 20 heavy (non-hydrogen) atoms. The van der Waals surface area contributed by atoms with Gasteiger partial charge in [-0.25, -0.2) is 4.98 Å². The Labute approximate surface area is 118 Å². The van der Waals surface area contributed by atoms with Gasteiger partial charge >= 0.3 is 0 Å². The van der Waals surface area contributed by atoms with E-state index in [2.05, 4.69) is 17.1 Å². The van der Waals surface area contributed by atoms with Crippen LogP contribution in [0.4, 0.5) is 5.82 Å². The van der Waals surface area contributed by atoms with E-state index in [9.17, 15) is 4.79 Å². The van der Waals surface area contributed by atoms with Gasteiger partial charge in [-0.3, -0.25) is 4.79 Å². The smallest absolute Gasteiger partial charge is 0.252 e. The lowest BCUT2D eigenvalue weighted by Gasteiger charge is -2.24. The second-order valence-corrected chi connectivity index (χ2v) is 5.55. The first-order valence-corrected chi connectivity index (χ1v) is 7.28. The van der Waals surface area contributed by atoms with E-state index in [-0.39, 0.29) is 5.91 Å². The van der Waals surface area contributed by atoms with Crippen LogP contribution >= 0.6 is 0 Å². The van der Waals surface area contributed by atoms with Crippen LogP contribution in [0.2, 0.25) is 0 Å². The molecule has 1 fully saturated rings. The summed E-state index contributed by atoms with van der Waals surface area (Å²) >= 11 is 0. The highest BCUT2D eigenvalue weighted by Gasteiger charge is 2.29. The van der Waals surface area contributed by atoms with Crippen molar-refractivity contribution in [2.24, 2.45) is 0 Å². The summed E-state index contributed by atoms with van der Waals surface area (Å²) in [7, 11) is 0. The highest BCUT2D eigenvalue weighted by Crippen LogP contribution is 2.29. The monoisotopic (exact) mass is 272 g/mol. The molecule has 0 radical (unpaired) electrons. The van der Waals surface area contributed by atoms with Crippen molar-refractivity contribution < 1.29 is 4.79 Å². The molecule has 0 bridgehead atoms. The van der Waals surface area contributed by atoms with Crippen molar-refractivity contribution in [3.05, 3.63) is 22.9 Å². The van der Waals surface area contributed by atoms with E-state index in [0.717, 1.165) is 30.8 Å². The molecule has 2 aliphatic heterocycles. The van der Waals surface area contributed by atoms with Crippen LogP contribution in [0.1, 0.15) is 54.7 Å². The van der Waals surface area contributed by atoms with Crippen LogP contribution in [-0.4, -0.2) is 29.2 Å². The van der Waals surface area contributed by atoms with Crippen molar-refractivity contribution >= 4 is 17.4 Å². The molecule has 3 rings (SSSR count). The first-order chi connectivity index (χ1) is 9.61. The van der Waals surface area contributed by atoms with Gasteiger partial charge in [0.1, 0.15) is 5.82 Å².